The maximum Gasteiger partial charge on any atom is 0.325 e. The molecule has 0 bridgehead atoms. The van der Waals surface area contributed by atoms with Crippen molar-refractivity contribution in [2.45, 2.75) is 64.2 Å². The first kappa shape index (κ1) is 28.4. The number of amides is 3. The first-order valence-corrected chi connectivity index (χ1v) is 10.7. The number of hydrogen-bond acceptors (Lipinski definition) is 7. The maximum absolute atomic E-state index is 13.0. The van der Waals surface area contributed by atoms with Crippen molar-refractivity contribution in [3.8, 4) is 5.75 Å². The van der Waals surface area contributed by atoms with Gasteiger partial charge in [0.25, 0.3) is 0 Å². The predicted molar refractivity (Wildman–Crippen MR) is 121 cm³/mol. The molecule has 0 unspecified atom stereocenters. The third-order valence-corrected chi connectivity index (χ3v) is 4.81. The number of benzene rings is 1. The summed E-state index contributed by atoms with van der Waals surface area (Å²) in [6.07, 6.45) is -0.470. The van der Waals surface area contributed by atoms with E-state index in [-0.39, 0.29) is 24.5 Å². The smallest absolute Gasteiger partial charge is 0.325 e. The van der Waals surface area contributed by atoms with Gasteiger partial charge in [-0.3, -0.25) is 24.0 Å². The molecular weight excluding hydrogens is 448 g/mol. The number of aliphatic carboxylic acids is 2. The minimum absolute atomic E-state index is 0.00527. The number of rotatable bonds is 13. The van der Waals surface area contributed by atoms with E-state index in [4.69, 9.17) is 15.9 Å². The number of phenols is 1. The van der Waals surface area contributed by atoms with Crippen LogP contribution in [0.5, 0.6) is 5.75 Å². The van der Waals surface area contributed by atoms with Gasteiger partial charge in [0.2, 0.25) is 17.7 Å². The van der Waals surface area contributed by atoms with Crippen LogP contribution in [0.2, 0.25) is 0 Å². The molecule has 0 aliphatic carbocycles. The first-order valence-electron chi connectivity index (χ1n) is 10.7. The van der Waals surface area contributed by atoms with Gasteiger partial charge in [-0.25, -0.2) is 0 Å². The summed E-state index contributed by atoms with van der Waals surface area (Å²) in [7, 11) is 0. The average molecular weight is 481 g/mol. The molecule has 0 radical (unpaired) electrons. The van der Waals surface area contributed by atoms with Crippen molar-refractivity contribution >= 4 is 29.7 Å². The highest BCUT2D eigenvalue weighted by Gasteiger charge is 2.30. The Hall–Kier alpha value is -3.67. The Morgan fingerprint density at radius 1 is 0.853 bits per heavy atom. The summed E-state index contributed by atoms with van der Waals surface area (Å²) >= 11 is 0. The Morgan fingerprint density at radius 2 is 1.38 bits per heavy atom. The second-order valence-corrected chi connectivity index (χ2v) is 8.40. The summed E-state index contributed by atoms with van der Waals surface area (Å²) in [5.41, 5.74) is 6.16. The molecule has 0 saturated heterocycles. The van der Waals surface area contributed by atoms with Crippen molar-refractivity contribution < 1.29 is 39.3 Å². The van der Waals surface area contributed by atoms with Crippen LogP contribution in [0.3, 0.4) is 0 Å². The number of carboxylic acids is 2. The molecule has 4 atom stereocenters. The Kier molecular flexibility index (Phi) is 11.0. The summed E-state index contributed by atoms with van der Waals surface area (Å²) in [4.78, 5) is 60.0. The number of carbonyl (C=O) groups is 5. The van der Waals surface area contributed by atoms with E-state index >= 15 is 0 Å². The quantitative estimate of drug-likeness (QED) is 0.191. The molecule has 1 aromatic rings. The molecule has 0 aliphatic rings. The second-order valence-electron chi connectivity index (χ2n) is 8.40. The zero-order valence-electron chi connectivity index (χ0n) is 19.3. The topological polar surface area (TPSA) is 208 Å². The molecule has 3 amide bonds. The molecule has 1 aromatic carbocycles. The number of nitrogens with two attached hydrogens (primary N) is 1. The molecule has 0 spiro atoms. The summed E-state index contributed by atoms with van der Waals surface area (Å²) in [6, 6.07) is 0.994. The summed E-state index contributed by atoms with van der Waals surface area (Å²) in [5.74, 6) is -4.89. The van der Waals surface area contributed by atoms with E-state index in [2.05, 4.69) is 16.0 Å². The van der Waals surface area contributed by atoms with Crippen LogP contribution in [0.15, 0.2) is 24.3 Å². The van der Waals surface area contributed by atoms with Crippen LogP contribution < -0.4 is 21.7 Å². The van der Waals surface area contributed by atoms with Crippen LogP contribution in [0, 0.1) is 5.92 Å². The van der Waals surface area contributed by atoms with Crippen molar-refractivity contribution in [2.24, 2.45) is 11.7 Å². The highest BCUT2D eigenvalue weighted by molar-refractivity contribution is 5.94. The molecule has 1 rings (SSSR count). The van der Waals surface area contributed by atoms with Crippen LogP contribution in [0.25, 0.3) is 0 Å². The van der Waals surface area contributed by atoms with Crippen molar-refractivity contribution in [3.63, 3.8) is 0 Å². The molecule has 8 N–H and O–H groups in total. The number of hydrogen-bond donors (Lipinski definition) is 7. The van der Waals surface area contributed by atoms with Gasteiger partial charge in [-0.15, -0.1) is 0 Å². The van der Waals surface area contributed by atoms with E-state index in [1.807, 2.05) is 0 Å². The summed E-state index contributed by atoms with van der Waals surface area (Å²) < 4.78 is 0. The van der Waals surface area contributed by atoms with E-state index in [1.165, 1.54) is 19.1 Å². The Labute approximate surface area is 196 Å². The summed E-state index contributed by atoms with van der Waals surface area (Å²) in [6.45, 7) is 4.88. The standard InChI is InChI=1S/C22H32N4O8/c1-11(2)8-16(25-19(30)15(23)10-18(28)29)21(32)26-17(20(31)24-12(3)22(33)34)9-13-4-6-14(27)7-5-13/h4-7,11-12,15-17,27H,8-10,23H2,1-3H3,(H,24,31)(H,25,30)(H,26,32)(H,28,29)(H,33,34)/t12-,15-,16-,17-/m0/s1. The van der Waals surface area contributed by atoms with Gasteiger partial charge >= 0.3 is 11.9 Å². The molecule has 0 aliphatic heterocycles. The normalized spacial score (nSPS) is 14.4. The lowest BCUT2D eigenvalue weighted by Gasteiger charge is -2.25. The lowest BCUT2D eigenvalue weighted by atomic mass is 10.0. The molecule has 12 heteroatoms. The van der Waals surface area contributed by atoms with Gasteiger partial charge in [0.1, 0.15) is 23.9 Å². The van der Waals surface area contributed by atoms with Gasteiger partial charge < -0.3 is 37.0 Å². The highest BCUT2D eigenvalue weighted by atomic mass is 16.4. The van der Waals surface area contributed by atoms with E-state index in [1.54, 1.807) is 26.0 Å². The molecule has 0 fully saturated rings. The maximum atomic E-state index is 13.0. The zero-order chi connectivity index (χ0) is 26.0. The fourth-order valence-corrected chi connectivity index (χ4v) is 2.99. The Morgan fingerprint density at radius 3 is 1.88 bits per heavy atom. The van der Waals surface area contributed by atoms with Crippen molar-refractivity contribution in [3.05, 3.63) is 29.8 Å². The molecule has 34 heavy (non-hydrogen) atoms. The highest BCUT2D eigenvalue weighted by Crippen LogP contribution is 2.12. The number of carbonyl (C=O) groups excluding carboxylic acids is 3. The van der Waals surface area contributed by atoms with Crippen molar-refractivity contribution in [1.82, 2.24) is 16.0 Å². The number of aromatic hydroxyl groups is 1. The van der Waals surface area contributed by atoms with Crippen LogP contribution in [-0.2, 0) is 30.4 Å². The minimum atomic E-state index is -1.37. The van der Waals surface area contributed by atoms with Gasteiger partial charge in [0.05, 0.1) is 12.5 Å². The fourth-order valence-electron chi connectivity index (χ4n) is 2.99. The van der Waals surface area contributed by atoms with Crippen LogP contribution in [0.4, 0.5) is 0 Å². The largest absolute Gasteiger partial charge is 0.508 e. The lowest BCUT2D eigenvalue weighted by Crippen LogP contribution is -2.57. The molecule has 0 aromatic heterocycles. The third kappa shape index (κ3) is 9.86. The molecular formula is C22H32N4O8. The van der Waals surface area contributed by atoms with Gasteiger partial charge in [-0.05, 0) is 37.0 Å². The van der Waals surface area contributed by atoms with E-state index in [0.717, 1.165) is 0 Å². The SMILES string of the molecule is CC(C)C[C@H](NC(=O)[C@@H](N)CC(=O)O)C(=O)N[C@@H](Cc1ccc(O)cc1)C(=O)N[C@@H](C)C(=O)O. The molecule has 0 saturated carbocycles. The number of phenolic OH excluding ortho intramolecular Hbond substituents is 1. The lowest BCUT2D eigenvalue weighted by molar-refractivity contribution is -0.141. The zero-order valence-corrected chi connectivity index (χ0v) is 19.3. The number of nitrogens with one attached hydrogen (secondary N) is 3. The molecule has 12 nitrogen and oxygen atoms in total. The van der Waals surface area contributed by atoms with Gasteiger partial charge in [-0.2, -0.15) is 0 Å². The third-order valence-electron chi connectivity index (χ3n) is 4.81. The van der Waals surface area contributed by atoms with Crippen molar-refractivity contribution in [2.75, 3.05) is 0 Å². The van der Waals surface area contributed by atoms with Crippen LogP contribution >= 0.6 is 0 Å². The minimum Gasteiger partial charge on any atom is -0.508 e. The Bertz CT molecular complexity index is 887. The van der Waals surface area contributed by atoms with E-state index < -0.39 is 60.2 Å². The van der Waals surface area contributed by atoms with Crippen LogP contribution in [-0.4, -0.2) is 69.1 Å². The first-order chi connectivity index (χ1) is 15.8. The van der Waals surface area contributed by atoms with Gasteiger partial charge in [0.15, 0.2) is 0 Å². The summed E-state index contributed by atoms with van der Waals surface area (Å²) in [5, 5.41) is 34.6. The van der Waals surface area contributed by atoms with Crippen molar-refractivity contribution in [1.29, 1.82) is 0 Å². The monoisotopic (exact) mass is 480 g/mol. The molecule has 0 heterocycles. The number of carboxylic acid groups (broad SMARTS) is 2. The van der Waals surface area contributed by atoms with E-state index in [9.17, 15) is 29.1 Å². The average Bonchev–Trinajstić information content (AvgIpc) is 2.73. The van der Waals surface area contributed by atoms with Crippen LogP contribution in [0.1, 0.15) is 39.2 Å². The second kappa shape index (κ2) is 13.1. The van der Waals surface area contributed by atoms with Gasteiger partial charge in [0, 0.05) is 6.42 Å². The fraction of sp³-hybridized carbons (Fsp3) is 0.500. The predicted octanol–water partition coefficient (Wildman–Crippen LogP) is -0.658. The van der Waals surface area contributed by atoms with Gasteiger partial charge in [-0.1, -0.05) is 26.0 Å². The Balaban J connectivity index is 3.08. The molecule has 188 valence electrons. The van der Waals surface area contributed by atoms with E-state index in [0.29, 0.717) is 5.56 Å².